The maximum Gasteiger partial charge on any atom is 0.245 e. The maximum absolute atomic E-state index is 15.0. The predicted octanol–water partition coefficient (Wildman–Crippen LogP) is -2.26. The van der Waals surface area contributed by atoms with Gasteiger partial charge in [-0.1, -0.05) is 120 Å². The minimum absolute atomic E-state index is 0.0184. The number of rotatable bonds is 21. The lowest BCUT2D eigenvalue weighted by Gasteiger charge is -2.30. The molecule has 0 unspecified atom stereocenters. The summed E-state index contributed by atoms with van der Waals surface area (Å²) in [4.78, 5) is 206. The molecule has 25 N–H and O–H groups in total. The molecule has 2 aromatic heterocycles. The molecule has 6 aromatic rings. The summed E-state index contributed by atoms with van der Waals surface area (Å²) in [5, 5.41) is 55.1. The third kappa shape index (κ3) is 26.0. The van der Waals surface area contributed by atoms with Gasteiger partial charge in [0, 0.05) is 65.8 Å². The van der Waals surface area contributed by atoms with Gasteiger partial charge in [0.15, 0.2) is 5.96 Å². The number of thioether (sulfide) groups is 1. The number of unbranched alkanes of at least 4 members (excludes halogenated alkanes) is 1. The Morgan fingerprint density at radius 3 is 1.48 bits per heavy atom. The Kier molecular flexibility index (Phi) is 33.2. The number of aliphatic hydroxyl groups excluding tert-OH is 1. The van der Waals surface area contributed by atoms with Gasteiger partial charge in [-0.3, -0.25) is 72.5 Å². The van der Waals surface area contributed by atoms with Crippen LogP contribution in [0.15, 0.2) is 103 Å². The van der Waals surface area contributed by atoms with Crippen molar-refractivity contribution in [2.75, 3.05) is 37.7 Å². The van der Waals surface area contributed by atoms with Crippen LogP contribution in [0.2, 0.25) is 0 Å². The van der Waals surface area contributed by atoms with Crippen molar-refractivity contribution in [3.8, 4) is 0 Å². The van der Waals surface area contributed by atoms with Gasteiger partial charge in [0.05, 0.1) is 25.3 Å². The maximum atomic E-state index is 15.0. The Morgan fingerprint density at radius 2 is 0.938 bits per heavy atom. The largest absolute Gasteiger partial charge is 0.394 e. The standard InChI is InChI=1S/C76H104N20O15S/c1-39(2)62-74(110)93-58(65(79)101)37-112-38-61(100)87-53(29-42-24-25-43-16-7-8-17-44(43)28-42)69(105)88-52(23-15-27-82-76(80)81)68(104)92-57(36-97)66(102)85-35-60(99)86-51(22-13-14-26-77)67(103)90-56(32-59(78)98)70(106)89-54(30-45-33-83-49-20-11-9-18-47(45)49)71(107)95-64(41(5)6)75(111)96-63(40(3)4)73(109)91-55(72(108)94-62)31-46-34-84-50-21-12-10-19-48(46)50/h7-12,16-21,24-25,28,33-34,39-41,51-58,62-64,83-84,97H,13-15,22-23,26-27,29-32,35-38,77H2,1-6H3,(H2,78,98)(H2,79,101)(H,85,102)(H,86,99)(H,87,100)(H,88,105)(H,89,106)(H,90,103)(H,91,109)(H,92,104)(H,93,110)(H,94,108)(H,95,107)(H,96,111)(H4,80,81,82)/t51-,52-,53-,54-,55-,56-,57+,58-,62-,63-,64-/m0/s1. The summed E-state index contributed by atoms with van der Waals surface area (Å²) in [7, 11) is 0. The third-order valence-corrected chi connectivity index (χ3v) is 19.8. The van der Waals surface area contributed by atoms with Crippen LogP contribution in [-0.4, -0.2) is 208 Å². The molecule has 604 valence electrons. The Labute approximate surface area is 651 Å². The van der Waals surface area contributed by atoms with E-state index in [4.69, 9.17) is 28.3 Å². The first-order chi connectivity index (χ1) is 53.3. The lowest BCUT2D eigenvalue weighted by atomic mass is 9.97. The number of aromatic amines is 2. The van der Waals surface area contributed by atoms with Crippen LogP contribution in [0, 0.1) is 23.2 Å². The predicted molar refractivity (Wildman–Crippen MR) is 420 cm³/mol. The summed E-state index contributed by atoms with van der Waals surface area (Å²) in [6.45, 7) is 7.94. The van der Waals surface area contributed by atoms with E-state index in [0.29, 0.717) is 44.9 Å². The summed E-state index contributed by atoms with van der Waals surface area (Å²) in [5.74, 6) is -16.7. The molecule has 4 aromatic carbocycles. The number of amides is 14. The summed E-state index contributed by atoms with van der Waals surface area (Å²) < 4.78 is 0. The lowest BCUT2D eigenvalue weighted by Crippen LogP contribution is -2.62. The van der Waals surface area contributed by atoms with Crippen molar-refractivity contribution in [1.82, 2.24) is 79.1 Å². The number of nitrogens with two attached hydrogens (primary N) is 4. The number of para-hydroxylation sites is 2. The van der Waals surface area contributed by atoms with Crippen molar-refractivity contribution in [2.45, 2.75) is 166 Å². The molecule has 3 heterocycles. The van der Waals surface area contributed by atoms with Crippen LogP contribution in [0.1, 0.15) is 96.8 Å². The van der Waals surface area contributed by atoms with Crippen LogP contribution < -0.4 is 92.1 Å². The molecule has 0 radical (unpaired) electrons. The monoisotopic (exact) mass is 1570 g/mol. The van der Waals surface area contributed by atoms with Crippen molar-refractivity contribution < 1.29 is 72.2 Å². The first-order valence-electron chi connectivity index (χ1n) is 37.1. The van der Waals surface area contributed by atoms with Crippen LogP contribution in [-0.2, 0) is 86.4 Å². The van der Waals surface area contributed by atoms with Gasteiger partial charge >= 0.3 is 0 Å². The molecule has 112 heavy (non-hydrogen) atoms. The normalized spacial score (nSPS) is 22.9. The molecule has 0 saturated carbocycles. The molecule has 0 aliphatic carbocycles. The highest BCUT2D eigenvalue weighted by atomic mass is 32.2. The molecule has 35 nitrogen and oxygen atoms in total. The fourth-order valence-electron chi connectivity index (χ4n) is 12.6. The van der Waals surface area contributed by atoms with Gasteiger partial charge in [-0.15, -0.1) is 11.8 Å². The van der Waals surface area contributed by atoms with Crippen molar-refractivity contribution in [3.05, 3.63) is 120 Å². The van der Waals surface area contributed by atoms with E-state index in [9.17, 15) is 72.2 Å². The number of guanidine groups is 1. The van der Waals surface area contributed by atoms with E-state index in [2.05, 4.69) is 79.1 Å². The summed E-state index contributed by atoms with van der Waals surface area (Å²) in [6, 6.07) is 10.0. The zero-order valence-corrected chi connectivity index (χ0v) is 64.2. The van der Waals surface area contributed by atoms with Crippen molar-refractivity contribution >= 4 is 133 Å². The highest BCUT2D eigenvalue weighted by Crippen LogP contribution is 2.23. The number of nitrogens with one attached hydrogen (secondary N) is 16. The van der Waals surface area contributed by atoms with Crippen LogP contribution in [0.25, 0.3) is 32.6 Å². The zero-order chi connectivity index (χ0) is 81.9. The number of aromatic nitrogens is 2. The molecular formula is C76H104N20O15S. The molecule has 1 saturated heterocycles. The molecule has 11 atom stereocenters. The van der Waals surface area contributed by atoms with E-state index in [-0.39, 0.29) is 63.8 Å². The smallest absolute Gasteiger partial charge is 0.245 e. The number of benzene rings is 4. The lowest BCUT2D eigenvalue weighted by molar-refractivity contribution is -0.137. The number of fused-ring (bicyclic) bond motifs is 3. The van der Waals surface area contributed by atoms with E-state index in [1.54, 1.807) is 121 Å². The van der Waals surface area contributed by atoms with Crippen molar-refractivity contribution in [1.29, 1.82) is 5.41 Å². The summed E-state index contributed by atoms with van der Waals surface area (Å²) in [5.41, 5.74) is 25.9. The number of aliphatic hydroxyl groups is 1. The van der Waals surface area contributed by atoms with Gasteiger partial charge in [0.25, 0.3) is 0 Å². The molecule has 36 heteroatoms. The SMILES string of the molecule is CC(C)[C@@H]1NC(=O)[C@H](Cc2c[nH]c3ccccc23)NC(=O)[C@H](C(C)C)NC(=O)[C@H](C(C)C)NC(=O)[C@H](Cc2c[nH]c3ccccc23)NC(=O)[C@H](CC(N)=O)NC(=O)[C@H](CCCCN)NC(=O)CNC(=O)[C@@H](CO)NC(=O)[C@H](CCCNC(=N)N)NC(=O)[C@H](Cc2ccc3ccccc3c2)NC(=O)CSC[C@@H](C(N)=O)NC1=O. The Balaban J connectivity index is 1.25. The van der Waals surface area contributed by atoms with E-state index in [0.717, 1.165) is 22.5 Å². The number of primary amides is 2. The zero-order valence-electron chi connectivity index (χ0n) is 63.4. The average Bonchev–Trinajstić information content (AvgIpc) is 1.60. The first kappa shape index (κ1) is 87.6. The molecule has 0 spiro atoms. The van der Waals surface area contributed by atoms with Crippen LogP contribution in [0.3, 0.4) is 0 Å². The second-order valence-electron chi connectivity index (χ2n) is 28.6. The van der Waals surface area contributed by atoms with Gasteiger partial charge in [0.1, 0.15) is 66.5 Å². The third-order valence-electron chi connectivity index (χ3n) is 18.8. The summed E-state index contributed by atoms with van der Waals surface area (Å²) in [6.07, 6.45) is 2.11. The second-order valence-corrected chi connectivity index (χ2v) is 29.6. The van der Waals surface area contributed by atoms with Crippen LogP contribution in [0.4, 0.5) is 0 Å². The molecule has 7 rings (SSSR count). The van der Waals surface area contributed by atoms with Crippen LogP contribution in [0.5, 0.6) is 0 Å². The van der Waals surface area contributed by atoms with E-state index < -0.39 is 198 Å². The Bertz CT molecular complexity index is 4370. The van der Waals surface area contributed by atoms with Gasteiger partial charge in [-0.25, -0.2) is 0 Å². The Morgan fingerprint density at radius 1 is 0.491 bits per heavy atom. The Hall–Kier alpha value is -11.7. The second kappa shape index (κ2) is 42.5. The highest BCUT2D eigenvalue weighted by Gasteiger charge is 2.39. The topological polar surface area (TPSA) is 575 Å². The van der Waals surface area contributed by atoms with Gasteiger partial charge in [-0.05, 0) is 96.0 Å². The van der Waals surface area contributed by atoms with E-state index >= 15 is 0 Å². The number of H-pyrrole nitrogens is 2. The number of hydrogen-bond donors (Lipinski definition) is 21. The fourth-order valence-corrected chi connectivity index (χ4v) is 13.5. The molecule has 1 aliphatic heterocycles. The average molecular weight is 1570 g/mol. The minimum Gasteiger partial charge on any atom is -0.394 e. The molecule has 14 amide bonds. The molecule has 0 bridgehead atoms. The quantitative estimate of drug-likeness (QED) is 0.0205. The summed E-state index contributed by atoms with van der Waals surface area (Å²) >= 11 is 0.848. The van der Waals surface area contributed by atoms with E-state index in [1.807, 2.05) is 24.3 Å². The van der Waals surface area contributed by atoms with Gasteiger partial charge < -0.3 is 107 Å². The number of hydrogen-bond acceptors (Lipinski definition) is 18. The molecular weight excluding hydrogens is 1470 g/mol. The highest BCUT2D eigenvalue weighted by molar-refractivity contribution is 8.00. The van der Waals surface area contributed by atoms with E-state index in [1.165, 1.54) is 0 Å². The minimum atomic E-state index is -1.83. The van der Waals surface area contributed by atoms with Crippen LogP contribution >= 0.6 is 11.8 Å². The van der Waals surface area contributed by atoms with Gasteiger partial charge in [-0.2, -0.15) is 0 Å². The molecule has 1 aliphatic rings. The number of carbonyl (C=O) groups is 14. The molecule has 1 fully saturated rings. The van der Waals surface area contributed by atoms with Crippen molar-refractivity contribution in [2.24, 2.45) is 40.7 Å². The number of carbonyl (C=O) groups excluding carboxylic acids is 14. The van der Waals surface area contributed by atoms with Crippen molar-refractivity contribution in [3.63, 3.8) is 0 Å². The van der Waals surface area contributed by atoms with Gasteiger partial charge in [0.2, 0.25) is 82.7 Å². The first-order valence-corrected chi connectivity index (χ1v) is 38.2. The fraction of sp³-hybridized carbons (Fsp3) is 0.461.